The molecule has 0 radical (unpaired) electrons. The van der Waals surface area contributed by atoms with Crippen molar-refractivity contribution in [1.29, 1.82) is 0 Å². The van der Waals surface area contributed by atoms with Crippen molar-refractivity contribution in [3.63, 3.8) is 0 Å². The van der Waals surface area contributed by atoms with E-state index in [1.165, 1.54) is 36.7 Å². The lowest BCUT2D eigenvalue weighted by Crippen LogP contribution is -2.01. The van der Waals surface area contributed by atoms with Crippen molar-refractivity contribution >= 4 is 76.4 Å². The van der Waals surface area contributed by atoms with Gasteiger partial charge in [-0.2, -0.15) is 0 Å². The quantitative estimate of drug-likeness (QED) is 0.159. The summed E-state index contributed by atoms with van der Waals surface area (Å²) in [5, 5.41) is 6.79. The minimum absolute atomic E-state index is 0.593. The molecule has 4 nitrogen and oxygen atoms in total. The molecule has 0 N–H and O–H groups in total. The molecular weight excluding hydrogens is 715 g/mol. The van der Waals surface area contributed by atoms with Gasteiger partial charge in [0.15, 0.2) is 17.5 Å². The van der Waals surface area contributed by atoms with E-state index in [0.29, 0.717) is 17.5 Å². The lowest BCUT2D eigenvalue weighted by molar-refractivity contribution is 0.669. The third-order valence-electron chi connectivity index (χ3n) is 10.9. The summed E-state index contributed by atoms with van der Waals surface area (Å²) in [4.78, 5) is 15.9. The summed E-state index contributed by atoms with van der Waals surface area (Å²) >= 11 is 1.79. The number of rotatable bonds is 6. The number of aromatic nitrogens is 3. The van der Waals surface area contributed by atoms with Gasteiger partial charge in [0.1, 0.15) is 11.2 Å². The first-order valence-corrected chi connectivity index (χ1v) is 19.9. The highest BCUT2D eigenvalue weighted by Gasteiger charge is 2.22. The van der Waals surface area contributed by atoms with Crippen molar-refractivity contribution in [2.75, 3.05) is 0 Å². The van der Waals surface area contributed by atoms with E-state index in [9.17, 15) is 0 Å². The molecule has 11 aromatic rings. The van der Waals surface area contributed by atoms with Gasteiger partial charge in [-0.3, -0.25) is 0 Å². The van der Waals surface area contributed by atoms with Crippen LogP contribution in [0.25, 0.3) is 110 Å². The molecule has 0 unspecified atom stereocenters. The van der Waals surface area contributed by atoms with Crippen molar-refractivity contribution in [1.82, 2.24) is 15.0 Å². The summed E-state index contributed by atoms with van der Waals surface area (Å²) in [5.74, 6) is 1.83. The molecule has 0 saturated heterocycles. The van der Waals surface area contributed by atoms with Crippen LogP contribution in [0.4, 0.5) is 0 Å². The number of hydrogen-bond donors (Lipinski definition) is 0. The Hall–Kier alpha value is -7.21. The van der Waals surface area contributed by atoms with Gasteiger partial charge in [0, 0.05) is 47.6 Å². The predicted octanol–water partition coefficient (Wildman–Crippen LogP) is 14.4. The fourth-order valence-electron chi connectivity index (χ4n) is 7.96. The minimum Gasteiger partial charge on any atom is -0.456 e. The second kappa shape index (κ2) is 13.5. The Labute approximate surface area is 333 Å². The monoisotopic (exact) mass is 747 g/mol. The van der Waals surface area contributed by atoms with E-state index in [0.717, 1.165) is 60.7 Å². The largest absolute Gasteiger partial charge is 0.456 e. The molecule has 0 atom stereocenters. The average molecular weight is 748 g/mol. The van der Waals surface area contributed by atoms with Gasteiger partial charge < -0.3 is 4.42 Å². The lowest BCUT2D eigenvalue weighted by atomic mass is 9.94. The topological polar surface area (TPSA) is 51.8 Å². The molecule has 0 aliphatic heterocycles. The van der Waals surface area contributed by atoms with Gasteiger partial charge in [-0.25, -0.2) is 15.0 Å². The molecule has 3 aromatic heterocycles. The highest BCUT2D eigenvalue weighted by Crippen LogP contribution is 2.43. The van der Waals surface area contributed by atoms with Crippen LogP contribution in [0.1, 0.15) is 16.7 Å². The average Bonchev–Trinajstić information content (AvgIpc) is 3.84. The van der Waals surface area contributed by atoms with E-state index in [1.807, 2.05) is 12.1 Å². The van der Waals surface area contributed by atoms with E-state index >= 15 is 0 Å². The van der Waals surface area contributed by atoms with Crippen LogP contribution in [0.2, 0.25) is 0 Å². The molecule has 5 heteroatoms. The van der Waals surface area contributed by atoms with Crippen LogP contribution in [-0.2, 0) is 0 Å². The number of hydrogen-bond acceptors (Lipinski definition) is 5. The summed E-state index contributed by atoms with van der Waals surface area (Å²) in [7, 11) is 0. The molecule has 0 amide bonds. The SMILES string of the molecule is Cc1ccccc1/C=C\c1ccc(-c2ccc3oc4ccccc4c3c2-c2nc(-c3ccc4ccccc4c3)nc(-c3ccc4c(c3)sc3ccccc34)n2)cc1. The number of para-hydroxylation sites is 1. The smallest absolute Gasteiger partial charge is 0.165 e. The van der Waals surface area contributed by atoms with Crippen LogP contribution >= 0.6 is 11.3 Å². The Balaban J connectivity index is 1.14. The molecule has 11 rings (SSSR count). The van der Waals surface area contributed by atoms with Gasteiger partial charge in [0.25, 0.3) is 0 Å². The van der Waals surface area contributed by atoms with E-state index in [2.05, 4.69) is 177 Å². The Morgan fingerprint density at radius 1 is 0.474 bits per heavy atom. The number of fused-ring (bicyclic) bond motifs is 7. The number of benzene rings is 8. The Bertz CT molecular complexity index is 3370. The fourth-order valence-corrected chi connectivity index (χ4v) is 9.11. The highest BCUT2D eigenvalue weighted by atomic mass is 32.1. The van der Waals surface area contributed by atoms with E-state index in [4.69, 9.17) is 19.4 Å². The van der Waals surface area contributed by atoms with Gasteiger partial charge >= 0.3 is 0 Å². The minimum atomic E-state index is 0.593. The summed E-state index contributed by atoms with van der Waals surface area (Å²) in [6.45, 7) is 2.14. The molecule has 0 fully saturated rings. The van der Waals surface area contributed by atoms with Crippen molar-refractivity contribution in [2.24, 2.45) is 0 Å². The first-order valence-electron chi connectivity index (χ1n) is 19.1. The number of thiophene rings is 1. The van der Waals surface area contributed by atoms with Crippen molar-refractivity contribution in [2.45, 2.75) is 6.92 Å². The van der Waals surface area contributed by atoms with Crippen LogP contribution in [0.15, 0.2) is 174 Å². The molecule has 8 aromatic carbocycles. The third-order valence-corrected chi connectivity index (χ3v) is 12.0. The van der Waals surface area contributed by atoms with Gasteiger partial charge in [-0.1, -0.05) is 146 Å². The Kier molecular flexibility index (Phi) is 7.86. The number of aryl methyl sites for hydroxylation is 1. The van der Waals surface area contributed by atoms with Crippen LogP contribution in [0.5, 0.6) is 0 Å². The third kappa shape index (κ3) is 5.88. The van der Waals surface area contributed by atoms with Crippen LogP contribution < -0.4 is 0 Å². The number of nitrogens with zero attached hydrogens (tertiary/aromatic N) is 3. The molecule has 57 heavy (non-hydrogen) atoms. The molecule has 3 heterocycles. The summed E-state index contributed by atoms with van der Waals surface area (Å²) < 4.78 is 8.94. The predicted molar refractivity (Wildman–Crippen MR) is 239 cm³/mol. The maximum absolute atomic E-state index is 6.48. The van der Waals surface area contributed by atoms with E-state index in [1.54, 1.807) is 11.3 Å². The summed E-state index contributed by atoms with van der Waals surface area (Å²) in [6, 6.07) is 59.5. The van der Waals surface area contributed by atoms with Crippen LogP contribution in [0, 0.1) is 6.92 Å². The Morgan fingerprint density at radius 3 is 2.00 bits per heavy atom. The molecule has 0 spiro atoms. The van der Waals surface area contributed by atoms with E-state index in [-0.39, 0.29) is 0 Å². The molecular formula is C52H33N3OS. The van der Waals surface area contributed by atoms with Crippen molar-refractivity contribution < 1.29 is 4.42 Å². The van der Waals surface area contributed by atoms with Crippen LogP contribution in [0.3, 0.4) is 0 Å². The standard InChI is InChI=1S/C52H33N3OS/c1-32-10-2-3-11-34(32)21-18-33-19-22-36(23-20-33)40-28-29-45-48(43-15-6-8-16-44(43)56-45)49(40)52-54-50(38-25-24-35-12-4-5-13-37(35)30-38)53-51(55-52)39-26-27-42-41-14-7-9-17-46(41)57-47(42)31-39/h2-31H,1H3/b21-18-. The van der Waals surface area contributed by atoms with Crippen LogP contribution in [-0.4, -0.2) is 15.0 Å². The molecule has 0 aliphatic carbocycles. The van der Waals surface area contributed by atoms with Gasteiger partial charge in [-0.05, 0) is 81.9 Å². The summed E-state index contributed by atoms with van der Waals surface area (Å²) in [5.41, 5.74) is 10.0. The first kappa shape index (κ1) is 33.2. The maximum Gasteiger partial charge on any atom is 0.165 e. The Morgan fingerprint density at radius 2 is 1.14 bits per heavy atom. The molecule has 0 aliphatic rings. The fraction of sp³-hybridized carbons (Fsp3) is 0.0192. The zero-order valence-electron chi connectivity index (χ0n) is 31.0. The number of furan rings is 1. The molecule has 0 saturated carbocycles. The maximum atomic E-state index is 6.48. The second-order valence-electron chi connectivity index (χ2n) is 14.4. The van der Waals surface area contributed by atoms with Crippen molar-refractivity contribution in [3.05, 3.63) is 187 Å². The second-order valence-corrected chi connectivity index (χ2v) is 15.5. The van der Waals surface area contributed by atoms with E-state index < -0.39 is 0 Å². The first-order chi connectivity index (χ1) is 28.1. The van der Waals surface area contributed by atoms with Gasteiger partial charge in [0.05, 0.1) is 0 Å². The molecule has 0 bridgehead atoms. The highest BCUT2D eigenvalue weighted by molar-refractivity contribution is 7.25. The van der Waals surface area contributed by atoms with Gasteiger partial charge in [0.2, 0.25) is 0 Å². The van der Waals surface area contributed by atoms with Crippen molar-refractivity contribution in [3.8, 4) is 45.3 Å². The summed E-state index contributed by atoms with van der Waals surface area (Å²) in [6.07, 6.45) is 4.34. The zero-order chi connectivity index (χ0) is 37.9. The lowest BCUT2D eigenvalue weighted by Gasteiger charge is -2.14. The normalized spacial score (nSPS) is 11.9. The van der Waals surface area contributed by atoms with Gasteiger partial charge in [-0.15, -0.1) is 11.3 Å². The molecule has 268 valence electrons. The zero-order valence-corrected chi connectivity index (χ0v) is 31.8.